The number of fused-ring (bicyclic) bond motifs is 1. The molecule has 3 rings (SSSR count). The second kappa shape index (κ2) is 6.91. The summed E-state index contributed by atoms with van der Waals surface area (Å²) in [5.41, 5.74) is 1.56. The van der Waals surface area contributed by atoms with Crippen LogP contribution in [0.4, 0.5) is 0 Å². The van der Waals surface area contributed by atoms with Gasteiger partial charge in [-0.05, 0) is 24.8 Å². The zero-order valence-electron chi connectivity index (χ0n) is 13.8. The first kappa shape index (κ1) is 16.9. The van der Waals surface area contributed by atoms with E-state index in [1.165, 1.54) is 32.1 Å². The van der Waals surface area contributed by atoms with Crippen molar-refractivity contribution in [2.75, 3.05) is 25.1 Å². The molecule has 1 atom stereocenters. The first-order chi connectivity index (χ1) is 10.9. The van der Waals surface area contributed by atoms with Crippen molar-refractivity contribution in [1.82, 2.24) is 14.7 Å². The molecule has 1 N–H and O–H groups in total. The van der Waals surface area contributed by atoms with Crippen LogP contribution in [-0.4, -0.2) is 53.3 Å². The van der Waals surface area contributed by atoms with Crippen LogP contribution in [0.3, 0.4) is 0 Å². The minimum atomic E-state index is -3.21. The zero-order chi connectivity index (χ0) is 16.4. The molecule has 0 amide bonds. The lowest BCUT2D eigenvalue weighted by molar-refractivity contribution is 0.162. The standard InChI is InChI=1S/C16H27N3O3S/c1-23(21,22)12-16(20)15-9-14-11-18(7-8-19(14)17-15)10-13-5-3-2-4-6-13/h9,13,16,20H,2-8,10-12H2,1H3. The highest BCUT2D eigenvalue weighted by Gasteiger charge is 2.25. The van der Waals surface area contributed by atoms with E-state index in [1.54, 1.807) is 0 Å². The number of aromatic nitrogens is 2. The predicted molar refractivity (Wildman–Crippen MR) is 88.7 cm³/mol. The summed E-state index contributed by atoms with van der Waals surface area (Å²) >= 11 is 0. The fourth-order valence-corrected chi connectivity index (χ4v) is 4.51. The highest BCUT2D eigenvalue weighted by atomic mass is 32.2. The zero-order valence-corrected chi connectivity index (χ0v) is 14.6. The maximum atomic E-state index is 11.3. The van der Waals surface area contributed by atoms with Crippen LogP contribution in [0.25, 0.3) is 0 Å². The molecule has 0 bridgehead atoms. The van der Waals surface area contributed by atoms with Crippen LogP contribution in [0.2, 0.25) is 0 Å². The summed E-state index contributed by atoms with van der Waals surface area (Å²) in [6, 6.07) is 1.86. The van der Waals surface area contributed by atoms with Gasteiger partial charge in [0.15, 0.2) is 0 Å². The van der Waals surface area contributed by atoms with Crippen LogP contribution in [-0.2, 0) is 22.9 Å². The van der Waals surface area contributed by atoms with Gasteiger partial charge in [0.05, 0.1) is 23.7 Å². The Morgan fingerprint density at radius 3 is 2.74 bits per heavy atom. The molecule has 2 heterocycles. The van der Waals surface area contributed by atoms with E-state index < -0.39 is 15.9 Å². The molecule has 0 spiro atoms. The van der Waals surface area contributed by atoms with Gasteiger partial charge in [0.2, 0.25) is 0 Å². The average molecular weight is 341 g/mol. The third-order valence-electron chi connectivity index (χ3n) is 4.94. The van der Waals surface area contributed by atoms with Gasteiger partial charge < -0.3 is 5.11 Å². The minimum absolute atomic E-state index is 0.269. The second-order valence-electron chi connectivity index (χ2n) is 7.13. The van der Waals surface area contributed by atoms with Gasteiger partial charge in [0, 0.05) is 25.9 Å². The molecule has 1 aromatic rings. The Bertz CT molecular complexity index is 635. The van der Waals surface area contributed by atoms with Crippen molar-refractivity contribution in [3.63, 3.8) is 0 Å². The lowest BCUT2D eigenvalue weighted by atomic mass is 9.89. The Balaban J connectivity index is 1.62. The highest BCUT2D eigenvalue weighted by Crippen LogP contribution is 2.26. The summed E-state index contributed by atoms with van der Waals surface area (Å²) < 4.78 is 24.6. The Morgan fingerprint density at radius 2 is 2.04 bits per heavy atom. The molecule has 1 aromatic heterocycles. The fraction of sp³-hybridized carbons (Fsp3) is 0.812. The van der Waals surface area contributed by atoms with E-state index in [-0.39, 0.29) is 5.75 Å². The summed E-state index contributed by atoms with van der Waals surface area (Å²) in [5, 5.41) is 14.5. The normalized spacial score (nSPS) is 22.0. The lowest BCUT2D eigenvalue weighted by Crippen LogP contribution is -2.37. The summed E-state index contributed by atoms with van der Waals surface area (Å²) in [6.07, 6.45) is 6.89. The molecule has 2 aliphatic rings. The summed E-state index contributed by atoms with van der Waals surface area (Å²) in [7, 11) is -3.21. The van der Waals surface area contributed by atoms with Crippen LogP contribution < -0.4 is 0 Å². The summed E-state index contributed by atoms with van der Waals surface area (Å²) in [6.45, 7) is 3.78. The predicted octanol–water partition coefficient (Wildman–Crippen LogP) is 1.36. The van der Waals surface area contributed by atoms with E-state index in [4.69, 9.17) is 0 Å². The number of aliphatic hydroxyl groups excluding tert-OH is 1. The number of hydrogen-bond donors (Lipinski definition) is 1. The minimum Gasteiger partial charge on any atom is -0.386 e. The van der Waals surface area contributed by atoms with Crippen molar-refractivity contribution in [1.29, 1.82) is 0 Å². The van der Waals surface area contributed by atoms with Gasteiger partial charge in [-0.3, -0.25) is 9.58 Å². The van der Waals surface area contributed by atoms with Crippen molar-refractivity contribution < 1.29 is 13.5 Å². The molecule has 1 saturated carbocycles. The van der Waals surface area contributed by atoms with Crippen molar-refractivity contribution in [2.45, 2.75) is 51.3 Å². The third-order valence-corrected chi connectivity index (χ3v) is 5.86. The van der Waals surface area contributed by atoms with Gasteiger partial charge in [-0.25, -0.2) is 8.42 Å². The molecule has 1 aliphatic heterocycles. The van der Waals surface area contributed by atoms with E-state index in [0.29, 0.717) is 5.69 Å². The average Bonchev–Trinajstić information content (AvgIpc) is 2.90. The number of rotatable bonds is 5. The Hall–Kier alpha value is -0.920. The Kier molecular flexibility index (Phi) is 5.08. The number of aliphatic hydroxyl groups is 1. The maximum absolute atomic E-state index is 11.3. The summed E-state index contributed by atoms with van der Waals surface area (Å²) in [5.74, 6) is 0.545. The van der Waals surface area contributed by atoms with E-state index in [2.05, 4.69) is 10.00 Å². The Labute approximate surface area is 138 Å². The molecule has 0 radical (unpaired) electrons. The van der Waals surface area contributed by atoms with Crippen molar-refractivity contribution in [3.05, 3.63) is 17.5 Å². The van der Waals surface area contributed by atoms with Crippen LogP contribution in [0.15, 0.2) is 6.07 Å². The SMILES string of the molecule is CS(=O)(=O)CC(O)c1cc2n(n1)CCN(CC1CCCCC1)C2. The molecule has 1 aliphatic carbocycles. The molecule has 0 saturated heterocycles. The molecular weight excluding hydrogens is 314 g/mol. The van der Waals surface area contributed by atoms with Crippen LogP contribution in [0.5, 0.6) is 0 Å². The second-order valence-corrected chi connectivity index (χ2v) is 9.32. The van der Waals surface area contributed by atoms with Crippen molar-refractivity contribution >= 4 is 9.84 Å². The number of sulfone groups is 1. The number of hydrogen-bond acceptors (Lipinski definition) is 5. The van der Waals surface area contributed by atoms with Gasteiger partial charge in [0.1, 0.15) is 15.9 Å². The van der Waals surface area contributed by atoms with Crippen LogP contribution >= 0.6 is 0 Å². The fourth-order valence-electron chi connectivity index (χ4n) is 3.77. The highest BCUT2D eigenvalue weighted by molar-refractivity contribution is 7.90. The lowest BCUT2D eigenvalue weighted by Gasteiger charge is -2.32. The molecule has 23 heavy (non-hydrogen) atoms. The molecule has 130 valence electrons. The summed E-state index contributed by atoms with van der Waals surface area (Å²) in [4.78, 5) is 2.47. The van der Waals surface area contributed by atoms with Crippen LogP contribution in [0, 0.1) is 5.92 Å². The van der Waals surface area contributed by atoms with Crippen molar-refractivity contribution in [2.24, 2.45) is 5.92 Å². The molecule has 0 aromatic carbocycles. The molecule has 1 fully saturated rings. The largest absolute Gasteiger partial charge is 0.386 e. The van der Waals surface area contributed by atoms with Crippen LogP contribution in [0.1, 0.15) is 49.6 Å². The van der Waals surface area contributed by atoms with E-state index in [1.807, 2.05) is 10.7 Å². The van der Waals surface area contributed by atoms with Gasteiger partial charge >= 0.3 is 0 Å². The third kappa shape index (κ3) is 4.55. The van der Waals surface area contributed by atoms with Gasteiger partial charge in [0.25, 0.3) is 0 Å². The molecule has 7 heteroatoms. The smallest absolute Gasteiger partial charge is 0.150 e. The first-order valence-electron chi connectivity index (χ1n) is 8.55. The topological polar surface area (TPSA) is 75.4 Å². The van der Waals surface area contributed by atoms with Gasteiger partial charge in [-0.1, -0.05) is 19.3 Å². The monoisotopic (exact) mass is 341 g/mol. The quantitative estimate of drug-likeness (QED) is 0.875. The van der Waals surface area contributed by atoms with E-state index in [0.717, 1.165) is 44.0 Å². The van der Waals surface area contributed by atoms with Gasteiger partial charge in [-0.15, -0.1) is 0 Å². The number of nitrogens with zero attached hydrogens (tertiary/aromatic N) is 3. The molecule has 1 unspecified atom stereocenters. The Morgan fingerprint density at radius 1 is 1.30 bits per heavy atom. The van der Waals surface area contributed by atoms with Gasteiger partial charge in [-0.2, -0.15) is 5.10 Å². The van der Waals surface area contributed by atoms with E-state index in [9.17, 15) is 13.5 Å². The van der Waals surface area contributed by atoms with E-state index >= 15 is 0 Å². The maximum Gasteiger partial charge on any atom is 0.150 e. The molecule has 6 nitrogen and oxygen atoms in total. The first-order valence-corrected chi connectivity index (χ1v) is 10.6. The van der Waals surface area contributed by atoms with Crippen molar-refractivity contribution in [3.8, 4) is 0 Å². The molecular formula is C16H27N3O3S.